The summed E-state index contributed by atoms with van der Waals surface area (Å²) in [5.74, 6) is 0.0511. The molecule has 1 fully saturated rings. The van der Waals surface area contributed by atoms with Gasteiger partial charge in [0.15, 0.2) is 0 Å². The van der Waals surface area contributed by atoms with Crippen molar-refractivity contribution in [1.29, 1.82) is 0 Å². The van der Waals surface area contributed by atoms with Gasteiger partial charge in [0.2, 0.25) is 0 Å². The van der Waals surface area contributed by atoms with Gasteiger partial charge in [-0.1, -0.05) is 0 Å². The predicted octanol–water partition coefficient (Wildman–Crippen LogP) is 1.26. The molecule has 0 saturated carbocycles. The number of hydrogen-bond donors (Lipinski definition) is 0. The van der Waals surface area contributed by atoms with Gasteiger partial charge in [-0.15, -0.1) is 0 Å². The second-order valence-electron chi connectivity index (χ2n) is 1.18. The average molecular weight is 136 g/mol. The smallest absolute Gasteiger partial charge is 0.362 e. The largest absolute Gasteiger partial charge is 0.591 e. The Hall–Kier alpha value is -0.470. The third-order valence-electron chi connectivity index (χ3n) is 0.651. The van der Waals surface area contributed by atoms with E-state index in [-0.39, 0.29) is 5.95 Å². The van der Waals surface area contributed by atoms with Gasteiger partial charge in [0.25, 0.3) is 5.95 Å². The summed E-state index contributed by atoms with van der Waals surface area (Å²) >= 11 is 0. The molecule has 0 bridgehead atoms. The maximum absolute atomic E-state index is 10.5. The van der Waals surface area contributed by atoms with Crippen LogP contribution in [0.15, 0.2) is 12.5 Å². The molecule has 5 heteroatoms. The molecule has 1 rings (SSSR count). The fraction of sp³-hybridized carbons (Fsp3) is 0.333. The SMILES string of the molecule is C=C1OP(=O)(OC)O1. The lowest BCUT2D eigenvalue weighted by Crippen LogP contribution is -2.07. The second-order valence-corrected chi connectivity index (χ2v) is 2.81. The highest BCUT2D eigenvalue weighted by Gasteiger charge is 2.40. The van der Waals surface area contributed by atoms with E-state index in [1.807, 2.05) is 0 Å². The zero-order valence-electron chi connectivity index (χ0n) is 4.29. The average Bonchev–Trinajstić information content (AvgIpc) is 1.63. The number of phosphoric acid groups is 1. The normalized spacial score (nSPS) is 22.9. The van der Waals surface area contributed by atoms with E-state index in [1.54, 1.807) is 0 Å². The minimum absolute atomic E-state index is 0.0511. The summed E-state index contributed by atoms with van der Waals surface area (Å²) in [4.78, 5) is 0. The Balaban J connectivity index is 2.53. The molecule has 0 amide bonds. The minimum atomic E-state index is -3.13. The standard InChI is InChI=1S/C3H5O4P/c1-3-6-8(4,5-2)7-3/h1H2,2H3. The topological polar surface area (TPSA) is 44.8 Å². The molecule has 1 heterocycles. The molecule has 0 aliphatic carbocycles. The van der Waals surface area contributed by atoms with Crippen molar-refractivity contribution in [2.24, 2.45) is 0 Å². The van der Waals surface area contributed by atoms with Crippen molar-refractivity contribution in [3.63, 3.8) is 0 Å². The van der Waals surface area contributed by atoms with Gasteiger partial charge < -0.3 is 9.05 Å². The lowest BCUT2D eigenvalue weighted by molar-refractivity contribution is 0.0493. The molecule has 4 nitrogen and oxygen atoms in total. The minimum Gasteiger partial charge on any atom is -0.362 e. The first-order chi connectivity index (χ1) is 3.66. The van der Waals surface area contributed by atoms with Crippen LogP contribution in [0.4, 0.5) is 0 Å². The summed E-state index contributed by atoms with van der Waals surface area (Å²) in [6, 6.07) is 0. The molecular formula is C3H5O4P. The van der Waals surface area contributed by atoms with Crippen molar-refractivity contribution in [3.8, 4) is 0 Å². The lowest BCUT2D eigenvalue weighted by Gasteiger charge is -2.25. The summed E-state index contributed by atoms with van der Waals surface area (Å²) in [7, 11) is -1.89. The zero-order valence-corrected chi connectivity index (χ0v) is 5.18. The molecule has 1 aliphatic heterocycles. The van der Waals surface area contributed by atoms with Gasteiger partial charge in [0, 0.05) is 7.11 Å². The van der Waals surface area contributed by atoms with Gasteiger partial charge >= 0.3 is 7.82 Å². The monoisotopic (exact) mass is 136 g/mol. The summed E-state index contributed by atoms with van der Waals surface area (Å²) < 4.78 is 23.6. The van der Waals surface area contributed by atoms with Crippen LogP contribution < -0.4 is 0 Å². The van der Waals surface area contributed by atoms with Crippen molar-refractivity contribution >= 4 is 7.82 Å². The zero-order chi connectivity index (χ0) is 6.20. The highest BCUT2D eigenvalue weighted by molar-refractivity contribution is 7.49. The molecule has 0 atom stereocenters. The first-order valence-corrected chi connectivity index (χ1v) is 3.36. The van der Waals surface area contributed by atoms with Crippen LogP contribution in [0.3, 0.4) is 0 Å². The first kappa shape index (κ1) is 5.66. The third kappa shape index (κ3) is 0.723. The highest BCUT2D eigenvalue weighted by Crippen LogP contribution is 2.60. The second kappa shape index (κ2) is 1.50. The summed E-state index contributed by atoms with van der Waals surface area (Å²) in [5, 5.41) is 0. The molecule has 0 spiro atoms. The molecule has 0 aromatic heterocycles. The van der Waals surface area contributed by atoms with Crippen LogP contribution in [-0.2, 0) is 18.1 Å². The predicted molar refractivity (Wildman–Crippen MR) is 25.9 cm³/mol. The first-order valence-electron chi connectivity index (χ1n) is 1.90. The molecule has 0 radical (unpaired) electrons. The van der Waals surface area contributed by atoms with E-state index in [9.17, 15) is 4.57 Å². The Morgan fingerprint density at radius 2 is 2.25 bits per heavy atom. The van der Waals surface area contributed by atoms with Gasteiger partial charge in [-0.3, -0.25) is 4.52 Å². The maximum atomic E-state index is 10.5. The number of phosphoric ester groups is 1. The van der Waals surface area contributed by atoms with Crippen LogP contribution in [0, 0.1) is 0 Å². The third-order valence-corrected chi connectivity index (χ3v) is 1.95. The van der Waals surface area contributed by atoms with Crippen LogP contribution in [0.2, 0.25) is 0 Å². The van der Waals surface area contributed by atoms with Gasteiger partial charge in [0.1, 0.15) is 0 Å². The molecular weight excluding hydrogens is 131 g/mol. The van der Waals surface area contributed by atoms with Crippen molar-refractivity contribution < 1.29 is 18.1 Å². The fourth-order valence-electron chi connectivity index (χ4n) is 0.331. The molecule has 1 saturated heterocycles. The van der Waals surface area contributed by atoms with Gasteiger partial charge in [-0.05, 0) is 6.58 Å². The van der Waals surface area contributed by atoms with Crippen LogP contribution in [0.1, 0.15) is 0 Å². The lowest BCUT2D eigenvalue weighted by atomic mass is 11.1. The molecule has 0 aromatic carbocycles. The van der Waals surface area contributed by atoms with Gasteiger partial charge in [-0.2, -0.15) is 0 Å². The fourth-order valence-corrected chi connectivity index (χ4v) is 0.992. The molecule has 0 N–H and O–H groups in total. The van der Waals surface area contributed by atoms with E-state index in [1.165, 1.54) is 7.11 Å². The van der Waals surface area contributed by atoms with Crippen LogP contribution >= 0.6 is 7.82 Å². The van der Waals surface area contributed by atoms with Gasteiger partial charge in [0.05, 0.1) is 0 Å². The summed E-state index contributed by atoms with van der Waals surface area (Å²) in [6.45, 7) is 3.21. The van der Waals surface area contributed by atoms with Crippen molar-refractivity contribution in [2.75, 3.05) is 7.11 Å². The molecule has 0 aromatic rings. The quantitative estimate of drug-likeness (QED) is 0.509. The highest BCUT2D eigenvalue weighted by atomic mass is 31.2. The van der Waals surface area contributed by atoms with E-state index >= 15 is 0 Å². The Morgan fingerprint density at radius 3 is 2.38 bits per heavy atom. The van der Waals surface area contributed by atoms with E-state index in [0.29, 0.717) is 0 Å². The molecule has 1 aliphatic rings. The van der Waals surface area contributed by atoms with E-state index in [0.717, 1.165) is 0 Å². The Bertz CT molecular complexity index is 151. The van der Waals surface area contributed by atoms with Crippen LogP contribution in [0.5, 0.6) is 0 Å². The maximum Gasteiger partial charge on any atom is 0.591 e. The van der Waals surface area contributed by atoms with E-state index in [2.05, 4.69) is 20.2 Å². The number of rotatable bonds is 1. The molecule has 0 unspecified atom stereocenters. The summed E-state index contributed by atoms with van der Waals surface area (Å²) in [6.07, 6.45) is 0. The Kier molecular flexibility index (Phi) is 1.06. The van der Waals surface area contributed by atoms with E-state index in [4.69, 9.17) is 0 Å². The number of hydrogen-bond acceptors (Lipinski definition) is 4. The van der Waals surface area contributed by atoms with Crippen molar-refractivity contribution in [3.05, 3.63) is 12.5 Å². The Labute approximate surface area is 46.7 Å². The molecule has 46 valence electrons. The molecule has 8 heavy (non-hydrogen) atoms. The van der Waals surface area contributed by atoms with E-state index < -0.39 is 7.82 Å². The van der Waals surface area contributed by atoms with Crippen LogP contribution in [-0.4, -0.2) is 7.11 Å². The van der Waals surface area contributed by atoms with Crippen LogP contribution in [0.25, 0.3) is 0 Å². The Morgan fingerprint density at radius 1 is 1.75 bits per heavy atom. The van der Waals surface area contributed by atoms with Crippen molar-refractivity contribution in [1.82, 2.24) is 0 Å². The van der Waals surface area contributed by atoms with Crippen molar-refractivity contribution in [2.45, 2.75) is 0 Å². The summed E-state index contributed by atoms with van der Waals surface area (Å²) in [5.41, 5.74) is 0. The van der Waals surface area contributed by atoms with Gasteiger partial charge in [-0.25, -0.2) is 4.57 Å².